The predicted octanol–water partition coefficient (Wildman–Crippen LogP) is 5.51. The van der Waals surface area contributed by atoms with Gasteiger partial charge in [0.15, 0.2) is 11.0 Å². The van der Waals surface area contributed by atoms with Crippen molar-refractivity contribution < 1.29 is 4.52 Å². The first kappa shape index (κ1) is 23.1. The molecule has 7 nitrogen and oxygen atoms in total. The zero-order valence-electron chi connectivity index (χ0n) is 20.7. The van der Waals surface area contributed by atoms with Gasteiger partial charge >= 0.3 is 0 Å². The molecule has 8 heteroatoms. The molecule has 0 atom stereocenters. The van der Waals surface area contributed by atoms with Crippen LogP contribution in [-0.2, 0) is 19.9 Å². The zero-order chi connectivity index (χ0) is 24.5. The van der Waals surface area contributed by atoms with Crippen LogP contribution in [0.3, 0.4) is 0 Å². The molecule has 0 amide bonds. The van der Waals surface area contributed by atoms with Gasteiger partial charge in [-0.05, 0) is 74.2 Å². The Morgan fingerprint density at radius 2 is 1.83 bits per heavy atom. The minimum Gasteiger partial charge on any atom is -0.361 e. The van der Waals surface area contributed by atoms with Crippen molar-refractivity contribution in [3.63, 3.8) is 0 Å². The lowest BCUT2D eigenvalue weighted by Gasteiger charge is -2.19. The third-order valence-corrected chi connectivity index (χ3v) is 8.13. The maximum absolute atomic E-state index is 5.26. The Labute approximate surface area is 214 Å². The summed E-state index contributed by atoms with van der Waals surface area (Å²) in [5.41, 5.74) is 7.19. The summed E-state index contributed by atoms with van der Waals surface area (Å²) < 4.78 is 7.37. The van der Waals surface area contributed by atoms with Gasteiger partial charge in [-0.1, -0.05) is 29.1 Å². The molecule has 0 unspecified atom stereocenters. The van der Waals surface area contributed by atoms with Crippen molar-refractivity contribution in [3.05, 3.63) is 71.6 Å². The monoisotopic (exact) mass is 498 g/mol. The molecular formula is C28H30N6OS. The number of thioether (sulfide) groups is 1. The molecule has 0 fully saturated rings. The maximum Gasteiger partial charge on any atom is 0.191 e. The van der Waals surface area contributed by atoms with Crippen LogP contribution in [0.25, 0.3) is 33.5 Å². The zero-order valence-corrected chi connectivity index (χ0v) is 21.5. The molecule has 184 valence electrons. The topological polar surface area (TPSA) is 75.8 Å². The van der Waals surface area contributed by atoms with Gasteiger partial charge in [0.25, 0.3) is 0 Å². The SMILES string of the molecule is Cc1cc(-c2ccc3c(c2)CCN(CCCSc2nnc(-c4ccc5[nH]ccc5c4)n2C)CC3)no1. The Hall–Kier alpha value is -3.36. The highest BCUT2D eigenvalue weighted by molar-refractivity contribution is 7.99. The predicted molar refractivity (Wildman–Crippen MR) is 144 cm³/mol. The number of aromatic nitrogens is 5. The summed E-state index contributed by atoms with van der Waals surface area (Å²) in [7, 11) is 2.06. The first-order chi connectivity index (χ1) is 17.6. The van der Waals surface area contributed by atoms with Crippen molar-refractivity contribution in [1.29, 1.82) is 0 Å². The van der Waals surface area contributed by atoms with Crippen LogP contribution >= 0.6 is 11.8 Å². The molecule has 1 aliphatic rings. The molecule has 36 heavy (non-hydrogen) atoms. The maximum atomic E-state index is 5.26. The minimum atomic E-state index is 0.847. The van der Waals surface area contributed by atoms with Crippen LogP contribution in [0.15, 0.2) is 64.4 Å². The van der Waals surface area contributed by atoms with Crippen LogP contribution in [0.5, 0.6) is 0 Å². The first-order valence-electron chi connectivity index (χ1n) is 12.5. The molecule has 0 spiro atoms. The molecule has 0 aliphatic carbocycles. The third-order valence-electron chi connectivity index (χ3n) is 7.02. The summed E-state index contributed by atoms with van der Waals surface area (Å²) in [5.74, 6) is 2.79. The van der Waals surface area contributed by atoms with E-state index in [2.05, 4.69) is 79.3 Å². The van der Waals surface area contributed by atoms with Crippen LogP contribution in [-0.4, -0.2) is 55.2 Å². The van der Waals surface area contributed by atoms with Gasteiger partial charge in [0.1, 0.15) is 11.5 Å². The van der Waals surface area contributed by atoms with Crippen LogP contribution in [0.1, 0.15) is 23.3 Å². The first-order valence-corrected chi connectivity index (χ1v) is 13.5. The van der Waals surface area contributed by atoms with E-state index in [1.807, 2.05) is 19.2 Å². The van der Waals surface area contributed by atoms with E-state index in [9.17, 15) is 0 Å². The van der Waals surface area contributed by atoms with Crippen molar-refractivity contribution in [1.82, 2.24) is 29.8 Å². The number of hydrogen-bond acceptors (Lipinski definition) is 6. The number of rotatable bonds is 7. The number of aryl methyl sites for hydroxylation is 1. The van der Waals surface area contributed by atoms with Gasteiger partial charge in [0.2, 0.25) is 0 Å². The molecule has 6 rings (SSSR count). The van der Waals surface area contributed by atoms with Crippen LogP contribution in [0, 0.1) is 6.92 Å². The number of nitrogens with one attached hydrogen (secondary N) is 1. The highest BCUT2D eigenvalue weighted by atomic mass is 32.2. The van der Waals surface area contributed by atoms with Crippen LogP contribution in [0.4, 0.5) is 0 Å². The Morgan fingerprint density at radius 3 is 2.69 bits per heavy atom. The van der Waals surface area contributed by atoms with E-state index in [0.29, 0.717) is 0 Å². The third kappa shape index (κ3) is 4.70. The van der Waals surface area contributed by atoms with Crippen LogP contribution < -0.4 is 0 Å². The fourth-order valence-corrected chi connectivity index (χ4v) is 5.83. The van der Waals surface area contributed by atoms with E-state index in [-0.39, 0.29) is 0 Å². The number of aromatic amines is 1. The number of H-pyrrole nitrogens is 1. The molecule has 4 heterocycles. The Kier molecular flexibility index (Phi) is 6.37. The average molecular weight is 499 g/mol. The fraction of sp³-hybridized carbons (Fsp3) is 0.321. The highest BCUT2D eigenvalue weighted by Crippen LogP contribution is 2.27. The van der Waals surface area contributed by atoms with E-state index in [1.54, 1.807) is 11.8 Å². The normalized spacial score (nSPS) is 14.3. The molecule has 0 bridgehead atoms. The smallest absolute Gasteiger partial charge is 0.191 e. The second kappa shape index (κ2) is 9.95. The van der Waals surface area contributed by atoms with Gasteiger partial charge in [0, 0.05) is 60.2 Å². The lowest BCUT2D eigenvalue weighted by atomic mass is 9.99. The van der Waals surface area contributed by atoms with Gasteiger partial charge in [-0.2, -0.15) is 0 Å². The summed E-state index contributed by atoms with van der Waals surface area (Å²) in [5, 5.41) is 15.3. The van der Waals surface area contributed by atoms with Gasteiger partial charge < -0.3 is 19.0 Å². The lowest BCUT2D eigenvalue weighted by Crippen LogP contribution is -2.27. The van der Waals surface area contributed by atoms with E-state index in [1.165, 1.54) is 16.5 Å². The number of fused-ring (bicyclic) bond motifs is 2. The minimum absolute atomic E-state index is 0.847. The average Bonchev–Trinajstić information content (AvgIpc) is 3.59. The summed E-state index contributed by atoms with van der Waals surface area (Å²) in [4.78, 5) is 5.83. The van der Waals surface area contributed by atoms with Gasteiger partial charge in [0.05, 0.1) is 0 Å². The standard InChI is InChI=1S/C28H30N6OS/c1-19-16-26(32-35-19)22-5-4-20-9-13-34(14-10-21(20)17-22)12-3-15-36-28-31-30-27(33(28)2)24-6-7-25-23(18-24)8-11-29-25/h4-8,11,16-18,29H,3,9-10,12-15H2,1-2H3. The lowest BCUT2D eigenvalue weighted by molar-refractivity contribution is 0.289. The summed E-state index contributed by atoms with van der Waals surface area (Å²) >= 11 is 1.79. The Bertz CT molecular complexity index is 1500. The summed E-state index contributed by atoms with van der Waals surface area (Å²) in [6.07, 6.45) is 5.26. The summed E-state index contributed by atoms with van der Waals surface area (Å²) in [6.45, 7) is 5.24. The van der Waals surface area contributed by atoms with Crippen molar-refractivity contribution in [3.8, 4) is 22.6 Å². The van der Waals surface area contributed by atoms with E-state index in [4.69, 9.17) is 4.52 Å². The van der Waals surface area contributed by atoms with Gasteiger partial charge in [-0.3, -0.25) is 0 Å². The summed E-state index contributed by atoms with van der Waals surface area (Å²) in [6, 6.07) is 17.2. The van der Waals surface area contributed by atoms with Crippen molar-refractivity contribution in [2.45, 2.75) is 31.3 Å². The molecular weight excluding hydrogens is 468 g/mol. The van der Waals surface area contributed by atoms with Crippen molar-refractivity contribution in [2.75, 3.05) is 25.4 Å². The molecule has 2 aromatic carbocycles. The van der Waals surface area contributed by atoms with Crippen LogP contribution in [0.2, 0.25) is 0 Å². The van der Waals surface area contributed by atoms with Crippen molar-refractivity contribution in [2.24, 2.45) is 7.05 Å². The van der Waals surface area contributed by atoms with Crippen molar-refractivity contribution >= 4 is 22.7 Å². The fourth-order valence-electron chi connectivity index (χ4n) is 4.99. The Morgan fingerprint density at radius 1 is 0.972 bits per heavy atom. The molecule has 0 saturated heterocycles. The quantitative estimate of drug-likeness (QED) is 0.236. The molecule has 3 aromatic heterocycles. The molecule has 0 radical (unpaired) electrons. The van der Waals surface area contributed by atoms with E-state index in [0.717, 1.165) is 83.7 Å². The molecule has 5 aromatic rings. The molecule has 1 aliphatic heterocycles. The number of benzene rings is 2. The second-order valence-corrected chi connectivity index (χ2v) is 10.6. The van der Waals surface area contributed by atoms with E-state index < -0.39 is 0 Å². The molecule has 0 saturated carbocycles. The highest BCUT2D eigenvalue weighted by Gasteiger charge is 2.16. The van der Waals surface area contributed by atoms with Gasteiger partial charge in [-0.25, -0.2) is 0 Å². The Balaban J connectivity index is 1.02. The number of nitrogens with zero attached hydrogens (tertiary/aromatic N) is 5. The number of hydrogen-bond donors (Lipinski definition) is 1. The van der Waals surface area contributed by atoms with Gasteiger partial charge in [-0.15, -0.1) is 10.2 Å². The van der Waals surface area contributed by atoms with E-state index >= 15 is 0 Å². The molecule has 1 N–H and O–H groups in total. The largest absolute Gasteiger partial charge is 0.361 e. The second-order valence-electron chi connectivity index (χ2n) is 9.49.